The van der Waals surface area contributed by atoms with E-state index in [4.69, 9.17) is 0 Å². The van der Waals surface area contributed by atoms with Gasteiger partial charge in [-0.05, 0) is 36.1 Å². The third-order valence-corrected chi connectivity index (χ3v) is 3.48. The topological polar surface area (TPSA) is 12.0 Å². The minimum atomic E-state index is 0.534. The Morgan fingerprint density at radius 3 is 2.41 bits per heavy atom. The summed E-state index contributed by atoms with van der Waals surface area (Å²) in [6.07, 6.45) is 2.54. The van der Waals surface area contributed by atoms with E-state index >= 15 is 0 Å². The highest BCUT2D eigenvalue weighted by Crippen LogP contribution is 2.32. The highest BCUT2D eigenvalue weighted by molar-refractivity contribution is 5.67. The van der Waals surface area contributed by atoms with E-state index in [1.165, 1.54) is 29.5 Å². The van der Waals surface area contributed by atoms with Gasteiger partial charge in [0, 0.05) is 6.04 Å². The van der Waals surface area contributed by atoms with Crippen LogP contribution in [-0.4, -0.2) is 6.54 Å². The fourth-order valence-corrected chi connectivity index (χ4v) is 2.63. The Morgan fingerprint density at radius 2 is 1.65 bits per heavy atom. The van der Waals surface area contributed by atoms with E-state index in [0.29, 0.717) is 6.04 Å². The maximum atomic E-state index is 3.58. The van der Waals surface area contributed by atoms with Crippen LogP contribution in [0, 0.1) is 0 Å². The summed E-state index contributed by atoms with van der Waals surface area (Å²) in [4.78, 5) is 0. The van der Waals surface area contributed by atoms with Gasteiger partial charge in [0.25, 0.3) is 0 Å². The van der Waals surface area contributed by atoms with E-state index in [1.807, 2.05) is 0 Å². The molecule has 3 rings (SSSR count). The lowest BCUT2D eigenvalue weighted by Crippen LogP contribution is -2.13. The second-order valence-corrected chi connectivity index (χ2v) is 4.60. The predicted molar refractivity (Wildman–Crippen MR) is 71.9 cm³/mol. The number of hydrogen-bond donors (Lipinski definition) is 1. The highest BCUT2D eigenvalue weighted by atomic mass is 14.9. The first kappa shape index (κ1) is 10.5. The number of rotatable bonds is 2. The van der Waals surface area contributed by atoms with Gasteiger partial charge in [-0.25, -0.2) is 0 Å². The SMILES string of the molecule is c1ccc(-c2ccccc2C2CCCN2)cc1. The zero-order valence-corrected chi connectivity index (χ0v) is 9.89. The maximum absolute atomic E-state index is 3.58. The zero-order valence-electron chi connectivity index (χ0n) is 9.89. The Labute approximate surface area is 102 Å². The van der Waals surface area contributed by atoms with E-state index in [1.54, 1.807) is 0 Å². The van der Waals surface area contributed by atoms with Crippen LogP contribution in [0.3, 0.4) is 0 Å². The van der Waals surface area contributed by atoms with E-state index in [9.17, 15) is 0 Å². The van der Waals surface area contributed by atoms with Gasteiger partial charge in [-0.1, -0.05) is 54.6 Å². The second-order valence-electron chi connectivity index (χ2n) is 4.60. The van der Waals surface area contributed by atoms with Crippen molar-refractivity contribution in [3.63, 3.8) is 0 Å². The number of benzene rings is 2. The Balaban J connectivity index is 2.04. The van der Waals surface area contributed by atoms with Crippen LogP contribution < -0.4 is 5.32 Å². The molecule has 0 amide bonds. The van der Waals surface area contributed by atoms with Crippen LogP contribution in [0.25, 0.3) is 11.1 Å². The molecule has 1 aliphatic heterocycles. The largest absolute Gasteiger partial charge is 0.310 e. The second kappa shape index (κ2) is 4.72. The van der Waals surface area contributed by atoms with E-state index in [0.717, 1.165) is 6.54 Å². The lowest BCUT2D eigenvalue weighted by atomic mass is 9.94. The summed E-state index contributed by atoms with van der Waals surface area (Å²) in [6.45, 7) is 1.15. The lowest BCUT2D eigenvalue weighted by molar-refractivity contribution is 0.649. The quantitative estimate of drug-likeness (QED) is 0.817. The molecule has 2 aromatic rings. The van der Waals surface area contributed by atoms with Crippen LogP contribution in [0.1, 0.15) is 24.4 Å². The van der Waals surface area contributed by atoms with Crippen LogP contribution in [0.5, 0.6) is 0 Å². The van der Waals surface area contributed by atoms with Crippen molar-refractivity contribution >= 4 is 0 Å². The summed E-state index contributed by atoms with van der Waals surface area (Å²) in [5, 5.41) is 3.58. The van der Waals surface area contributed by atoms with Crippen LogP contribution in [0.2, 0.25) is 0 Å². The van der Waals surface area contributed by atoms with Crippen molar-refractivity contribution in [1.82, 2.24) is 5.32 Å². The molecule has 1 nitrogen and oxygen atoms in total. The molecule has 1 atom stereocenters. The van der Waals surface area contributed by atoms with E-state index in [2.05, 4.69) is 59.9 Å². The maximum Gasteiger partial charge on any atom is 0.0326 e. The molecule has 0 bridgehead atoms. The molecular weight excluding hydrogens is 206 g/mol. The van der Waals surface area contributed by atoms with Crippen molar-refractivity contribution in [2.24, 2.45) is 0 Å². The third kappa shape index (κ3) is 2.11. The van der Waals surface area contributed by atoms with Crippen molar-refractivity contribution in [1.29, 1.82) is 0 Å². The summed E-state index contributed by atoms with van der Waals surface area (Å²) >= 11 is 0. The lowest BCUT2D eigenvalue weighted by Gasteiger charge is -2.16. The van der Waals surface area contributed by atoms with Crippen LogP contribution in [-0.2, 0) is 0 Å². The van der Waals surface area contributed by atoms with Crippen molar-refractivity contribution in [2.75, 3.05) is 6.54 Å². The molecule has 1 aliphatic rings. The number of hydrogen-bond acceptors (Lipinski definition) is 1. The molecule has 0 aromatic heterocycles. The first-order valence-corrected chi connectivity index (χ1v) is 6.33. The molecule has 1 unspecified atom stereocenters. The van der Waals surface area contributed by atoms with Crippen LogP contribution in [0.4, 0.5) is 0 Å². The molecule has 17 heavy (non-hydrogen) atoms. The highest BCUT2D eigenvalue weighted by Gasteiger charge is 2.18. The van der Waals surface area contributed by atoms with Crippen LogP contribution >= 0.6 is 0 Å². The molecule has 2 aromatic carbocycles. The van der Waals surface area contributed by atoms with Crippen molar-refractivity contribution < 1.29 is 0 Å². The monoisotopic (exact) mass is 223 g/mol. The van der Waals surface area contributed by atoms with Crippen molar-refractivity contribution in [3.8, 4) is 11.1 Å². The van der Waals surface area contributed by atoms with Gasteiger partial charge in [-0.3, -0.25) is 0 Å². The molecule has 86 valence electrons. The Hall–Kier alpha value is -1.60. The normalized spacial score (nSPS) is 19.4. The fraction of sp³-hybridized carbons (Fsp3) is 0.250. The van der Waals surface area contributed by atoms with Gasteiger partial charge in [-0.15, -0.1) is 0 Å². The van der Waals surface area contributed by atoms with Gasteiger partial charge >= 0.3 is 0 Å². The zero-order chi connectivity index (χ0) is 11.5. The molecular formula is C16H17N. The van der Waals surface area contributed by atoms with Gasteiger partial charge in [0.2, 0.25) is 0 Å². The van der Waals surface area contributed by atoms with E-state index in [-0.39, 0.29) is 0 Å². The van der Waals surface area contributed by atoms with Crippen molar-refractivity contribution in [2.45, 2.75) is 18.9 Å². The molecule has 0 radical (unpaired) electrons. The summed E-state index contributed by atoms with van der Waals surface area (Å²) in [5.74, 6) is 0. The minimum absolute atomic E-state index is 0.534. The van der Waals surface area contributed by atoms with Gasteiger partial charge in [0.15, 0.2) is 0 Å². The molecule has 0 aliphatic carbocycles. The standard InChI is InChI=1S/C16H17N/c1-2-7-13(8-3-1)14-9-4-5-10-15(14)16-11-6-12-17-16/h1-5,7-10,16-17H,6,11-12H2. The summed E-state index contributed by atoms with van der Waals surface area (Å²) < 4.78 is 0. The molecule has 1 saturated heterocycles. The van der Waals surface area contributed by atoms with Gasteiger partial charge < -0.3 is 5.32 Å². The molecule has 1 N–H and O–H groups in total. The first-order valence-electron chi connectivity index (χ1n) is 6.33. The first-order chi connectivity index (χ1) is 8.45. The van der Waals surface area contributed by atoms with Crippen LogP contribution in [0.15, 0.2) is 54.6 Å². The van der Waals surface area contributed by atoms with Gasteiger partial charge in [0.1, 0.15) is 0 Å². The van der Waals surface area contributed by atoms with Crippen molar-refractivity contribution in [3.05, 3.63) is 60.2 Å². The number of nitrogens with one attached hydrogen (secondary N) is 1. The molecule has 1 heterocycles. The molecule has 0 saturated carbocycles. The van der Waals surface area contributed by atoms with Gasteiger partial charge in [-0.2, -0.15) is 0 Å². The molecule has 1 fully saturated rings. The Kier molecular flexibility index (Phi) is 2.93. The summed E-state index contributed by atoms with van der Waals surface area (Å²) in [7, 11) is 0. The third-order valence-electron chi connectivity index (χ3n) is 3.48. The average molecular weight is 223 g/mol. The average Bonchev–Trinajstić information content (AvgIpc) is 2.94. The Bertz CT molecular complexity index is 484. The Morgan fingerprint density at radius 1 is 0.882 bits per heavy atom. The minimum Gasteiger partial charge on any atom is -0.310 e. The predicted octanol–water partition coefficient (Wildman–Crippen LogP) is 3.78. The van der Waals surface area contributed by atoms with E-state index < -0.39 is 0 Å². The summed E-state index contributed by atoms with van der Waals surface area (Å²) in [6, 6.07) is 19.9. The molecule has 1 heteroatoms. The summed E-state index contributed by atoms with van der Waals surface area (Å²) in [5.41, 5.74) is 4.13. The smallest absolute Gasteiger partial charge is 0.0326 e. The molecule has 0 spiro atoms. The fourth-order valence-electron chi connectivity index (χ4n) is 2.63. The van der Waals surface area contributed by atoms with Gasteiger partial charge in [0.05, 0.1) is 0 Å².